The molecule has 4 rings (SSSR count). The van der Waals surface area contributed by atoms with Crippen LogP contribution < -0.4 is 10.1 Å². The zero-order chi connectivity index (χ0) is 18.9. The first-order valence-corrected chi connectivity index (χ1v) is 10.1. The van der Waals surface area contributed by atoms with E-state index in [0.29, 0.717) is 11.4 Å². The SMILES string of the molecule is COc1ccccc1[C@@H]1Nc2ccccc2S(=O)(=O)N1Cc1ccccc1. The van der Waals surface area contributed by atoms with Gasteiger partial charge in [-0.15, -0.1) is 0 Å². The highest BCUT2D eigenvalue weighted by molar-refractivity contribution is 7.89. The molecule has 1 aliphatic rings. The molecule has 1 N–H and O–H groups in total. The molecule has 0 bridgehead atoms. The zero-order valence-corrected chi connectivity index (χ0v) is 15.7. The Morgan fingerprint density at radius 2 is 1.59 bits per heavy atom. The van der Waals surface area contributed by atoms with Gasteiger partial charge in [0.25, 0.3) is 0 Å². The van der Waals surface area contributed by atoms with Crippen molar-refractivity contribution in [3.05, 3.63) is 90.0 Å². The Balaban J connectivity index is 1.87. The predicted octanol–water partition coefficient (Wildman–Crippen LogP) is 4.01. The Kier molecular flexibility index (Phi) is 4.59. The summed E-state index contributed by atoms with van der Waals surface area (Å²) >= 11 is 0. The number of para-hydroxylation sites is 2. The Hall–Kier alpha value is -2.83. The third kappa shape index (κ3) is 3.18. The van der Waals surface area contributed by atoms with E-state index >= 15 is 0 Å². The van der Waals surface area contributed by atoms with Crippen LogP contribution >= 0.6 is 0 Å². The number of nitrogens with zero attached hydrogens (tertiary/aromatic N) is 1. The van der Waals surface area contributed by atoms with Crippen LogP contribution in [0.4, 0.5) is 5.69 Å². The van der Waals surface area contributed by atoms with Gasteiger partial charge in [-0.3, -0.25) is 0 Å². The molecular formula is C21H20N2O3S. The molecule has 1 atom stereocenters. The van der Waals surface area contributed by atoms with Crippen molar-refractivity contribution in [2.45, 2.75) is 17.6 Å². The summed E-state index contributed by atoms with van der Waals surface area (Å²) in [6.45, 7) is 0.257. The van der Waals surface area contributed by atoms with E-state index in [1.54, 1.807) is 25.3 Å². The Labute approximate surface area is 159 Å². The largest absolute Gasteiger partial charge is 0.496 e. The molecule has 0 fully saturated rings. The third-order valence-corrected chi connectivity index (χ3v) is 6.54. The fourth-order valence-corrected chi connectivity index (χ4v) is 5.03. The normalized spacial score (nSPS) is 18.3. The topological polar surface area (TPSA) is 58.6 Å². The molecule has 3 aromatic rings. The average Bonchev–Trinajstić information content (AvgIpc) is 2.71. The number of sulfonamides is 1. The van der Waals surface area contributed by atoms with Crippen molar-refractivity contribution >= 4 is 15.7 Å². The van der Waals surface area contributed by atoms with Gasteiger partial charge < -0.3 is 10.1 Å². The Bertz CT molecular complexity index is 1050. The fraction of sp³-hybridized carbons (Fsp3) is 0.143. The number of fused-ring (bicyclic) bond motifs is 1. The maximum absolute atomic E-state index is 13.4. The Morgan fingerprint density at radius 3 is 2.37 bits per heavy atom. The molecule has 3 aromatic carbocycles. The zero-order valence-electron chi connectivity index (χ0n) is 14.9. The molecule has 0 saturated carbocycles. The van der Waals surface area contributed by atoms with Crippen LogP contribution in [0.1, 0.15) is 17.3 Å². The number of anilines is 1. The van der Waals surface area contributed by atoms with Gasteiger partial charge in [-0.2, -0.15) is 4.31 Å². The molecule has 0 radical (unpaired) electrons. The molecule has 5 nitrogen and oxygen atoms in total. The molecule has 0 saturated heterocycles. The second-order valence-electron chi connectivity index (χ2n) is 6.32. The van der Waals surface area contributed by atoms with Crippen LogP contribution in [-0.2, 0) is 16.6 Å². The van der Waals surface area contributed by atoms with Gasteiger partial charge in [0.15, 0.2) is 0 Å². The van der Waals surface area contributed by atoms with Gasteiger partial charge >= 0.3 is 0 Å². The highest BCUT2D eigenvalue weighted by Crippen LogP contribution is 2.41. The maximum atomic E-state index is 13.4. The lowest BCUT2D eigenvalue weighted by Gasteiger charge is -2.37. The smallest absolute Gasteiger partial charge is 0.247 e. The van der Waals surface area contributed by atoms with E-state index < -0.39 is 16.2 Å². The highest BCUT2D eigenvalue weighted by Gasteiger charge is 2.39. The van der Waals surface area contributed by atoms with Crippen LogP contribution in [0.25, 0.3) is 0 Å². The lowest BCUT2D eigenvalue weighted by atomic mass is 10.1. The van der Waals surface area contributed by atoms with E-state index in [2.05, 4.69) is 5.32 Å². The van der Waals surface area contributed by atoms with E-state index in [-0.39, 0.29) is 11.4 Å². The molecule has 0 aliphatic carbocycles. The summed E-state index contributed by atoms with van der Waals surface area (Å²) in [5, 5.41) is 3.38. The van der Waals surface area contributed by atoms with Crippen molar-refractivity contribution in [1.29, 1.82) is 0 Å². The van der Waals surface area contributed by atoms with E-state index in [1.807, 2.05) is 60.7 Å². The van der Waals surface area contributed by atoms with Crippen molar-refractivity contribution in [3.8, 4) is 5.75 Å². The standard InChI is InChI=1S/C21H20N2O3S/c1-26-19-13-7-5-11-17(19)21-22-18-12-6-8-14-20(18)27(24,25)23(21)15-16-9-3-2-4-10-16/h2-14,21-22H,15H2,1H3/t21-/m1/s1. The number of hydrogen-bond donors (Lipinski definition) is 1. The minimum Gasteiger partial charge on any atom is -0.496 e. The second kappa shape index (κ2) is 7.06. The monoisotopic (exact) mass is 380 g/mol. The summed E-state index contributed by atoms with van der Waals surface area (Å²) in [5.74, 6) is 0.641. The second-order valence-corrected chi connectivity index (χ2v) is 8.18. The van der Waals surface area contributed by atoms with Gasteiger partial charge in [-0.1, -0.05) is 60.7 Å². The van der Waals surface area contributed by atoms with Crippen molar-refractivity contribution in [3.63, 3.8) is 0 Å². The molecule has 0 spiro atoms. The molecule has 1 aliphatic heterocycles. The quantitative estimate of drug-likeness (QED) is 0.743. The molecule has 0 aromatic heterocycles. The number of nitrogens with one attached hydrogen (secondary N) is 1. The van der Waals surface area contributed by atoms with Crippen LogP contribution in [0.2, 0.25) is 0 Å². The highest BCUT2D eigenvalue weighted by atomic mass is 32.2. The van der Waals surface area contributed by atoms with Gasteiger partial charge in [0, 0.05) is 12.1 Å². The molecule has 0 unspecified atom stereocenters. The van der Waals surface area contributed by atoms with Crippen molar-refractivity contribution in [1.82, 2.24) is 4.31 Å². The minimum absolute atomic E-state index is 0.257. The first-order valence-electron chi connectivity index (χ1n) is 8.65. The van der Waals surface area contributed by atoms with Crippen molar-refractivity contribution < 1.29 is 13.2 Å². The van der Waals surface area contributed by atoms with Gasteiger partial charge in [-0.25, -0.2) is 8.42 Å². The predicted molar refractivity (Wildman–Crippen MR) is 105 cm³/mol. The van der Waals surface area contributed by atoms with Gasteiger partial charge in [-0.05, 0) is 23.8 Å². The lowest BCUT2D eigenvalue weighted by Crippen LogP contribution is -2.42. The van der Waals surface area contributed by atoms with Crippen LogP contribution in [0.15, 0.2) is 83.8 Å². The summed E-state index contributed by atoms with van der Waals surface area (Å²) in [6, 6.07) is 24.0. The number of rotatable bonds is 4. The average molecular weight is 380 g/mol. The third-order valence-electron chi connectivity index (χ3n) is 4.67. The van der Waals surface area contributed by atoms with Crippen LogP contribution in [-0.4, -0.2) is 19.8 Å². The molecule has 1 heterocycles. The van der Waals surface area contributed by atoms with Crippen LogP contribution in [0.3, 0.4) is 0 Å². The maximum Gasteiger partial charge on any atom is 0.247 e. The molecular weight excluding hydrogens is 360 g/mol. The number of benzene rings is 3. The summed E-state index contributed by atoms with van der Waals surface area (Å²) in [5.41, 5.74) is 2.29. The van der Waals surface area contributed by atoms with Gasteiger partial charge in [0.05, 0.1) is 12.8 Å². The van der Waals surface area contributed by atoms with Crippen molar-refractivity contribution in [2.75, 3.05) is 12.4 Å². The van der Waals surface area contributed by atoms with Crippen LogP contribution in [0.5, 0.6) is 5.75 Å². The summed E-state index contributed by atoms with van der Waals surface area (Å²) in [4.78, 5) is 0.284. The summed E-state index contributed by atoms with van der Waals surface area (Å²) < 4.78 is 33.9. The van der Waals surface area contributed by atoms with Crippen molar-refractivity contribution in [2.24, 2.45) is 0 Å². The van der Waals surface area contributed by atoms with Crippen LogP contribution in [0, 0.1) is 0 Å². The van der Waals surface area contributed by atoms with E-state index in [9.17, 15) is 8.42 Å². The van der Waals surface area contributed by atoms with Gasteiger partial charge in [0.2, 0.25) is 10.0 Å². The first kappa shape index (κ1) is 17.6. The summed E-state index contributed by atoms with van der Waals surface area (Å²) in [6.07, 6.45) is -0.568. The van der Waals surface area contributed by atoms with E-state index in [4.69, 9.17) is 4.74 Å². The van der Waals surface area contributed by atoms with Gasteiger partial charge in [0.1, 0.15) is 16.8 Å². The molecule has 0 amide bonds. The number of ether oxygens (including phenoxy) is 1. The molecule has 27 heavy (non-hydrogen) atoms. The Morgan fingerprint density at radius 1 is 0.926 bits per heavy atom. The molecule has 138 valence electrons. The van der Waals surface area contributed by atoms with E-state index in [1.165, 1.54) is 4.31 Å². The minimum atomic E-state index is -3.69. The number of hydrogen-bond acceptors (Lipinski definition) is 4. The number of methoxy groups -OCH3 is 1. The fourth-order valence-electron chi connectivity index (χ4n) is 3.36. The van der Waals surface area contributed by atoms with E-state index in [0.717, 1.165) is 11.1 Å². The lowest BCUT2D eigenvalue weighted by molar-refractivity contribution is 0.323. The summed E-state index contributed by atoms with van der Waals surface area (Å²) in [7, 11) is -2.10. The first-order chi connectivity index (χ1) is 13.1. The molecule has 6 heteroatoms.